The lowest BCUT2D eigenvalue weighted by Crippen LogP contribution is -2.05. The molecule has 5 nitrogen and oxygen atoms in total. The zero-order chi connectivity index (χ0) is 11.3. The van der Waals surface area contributed by atoms with Crippen LogP contribution in [0.15, 0.2) is 11.4 Å². The van der Waals surface area contributed by atoms with E-state index in [1.807, 2.05) is 6.92 Å². The molecule has 0 spiro atoms. The number of hydrogen-bond donors (Lipinski definition) is 2. The second-order valence-electron chi connectivity index (χ2n) is 3.20. The number of aromatic nitrogens is 2. The van der Waals surface area contributed by atoms with Gasteiger partial charge < -0.3 is 15.6 Å². The van der Waals surface area contributed by atoms with Crippen molar-refractivity contribution in [1.82, 2.24) is 9.97 Å². The first-order chi connectivity index (χ1) is 7.19. The molecule has 1 unspecified atom stereocenters. The molecule has 1 aromatic heterocycles. The van der Waals surface area contributed by atoms with Crippen molar-refractivity contribution in [2.45, 2.75) is 11.9 Å². The summed E-state index contributed by atoms with van der Waals surface area (Å²) in [6.45, 7) is 2.12. The molecule has 0 saturated heterocycles. The summed E-state index contributed by atoms with van der Waals surface area (Å²) < 4.78 is 5.11. The van der Waals surface area contributed by atoms with Crippen LogP contribution in [0.25, 0.3) is 0 Å². The largest absolute Gasteiger partial charge is 0.490 e. The second kappa shape index (κ2) is 5.77. The monoisotopic (exact) mass is 229 g/mol. The van der Waals surface area contributed by atoms with E-state index < -0.39 is 0 Å². The number of thioether (sulfide) groups is 1. The first-order valence-electron chi connectivity index (χ1n) is 4.57. The van der Waals surface area contributed by atoms with Crippen LogP contribution >= 0.6 is 11.8 Å². The number of hydrogen-bond acceptors (Lipinski definition) is 6. The Bertz CT molecular complexity index is 322. The molecule has 1 atom stereocenters. The van der Waals surface area contributed by atoms with Crippen molar-refractivity contribution in [2.24, 2.45) is 5.92 Å². The minimum atomic E-state index is 0.163. The number of aliphatic hydroxyl groups is 1. The molecule has 0 aliphatic carbocycles. The van der Waals surface area contributed by atoms with Crippen molar-refractivity contribution in [3.63, 3.8) is 0 Å². The topological polar surface area (TPSA) is 81.3 Å². The van der Waals surface area contributed by atoms with Gasteiger partial charge in [0, 0.05) is 12.4 Å². The lowest BCUT2D eigenvalue weighted by Gasteiger charge is -2.10. The Morgan fingerprint density at radius 3 is 2.93 bits per heavy atom. The number of anilines is 1. The van der Waals surface area contributed by atoms with Gasteiger partial charge in [-0.25, -0.2) is 9.97 Å². The van der Waals surface area contributed by atoms with E-state index in [1.165, 1.54) is 25.2 Å². The number of nitrogens with two attached hydrogens (primary N) is 1. The van der Waals surface area contributed by atoms with Gasteiger partial charge in [0.05, 0.1) is 7.11 Å². The third-order valence-electron chi connectivity index (χ3n) is 1.82. The van der Waals surface area contributed by atoms with Crippen molar-refractivity contribution in [3.8, 4) is 5.75 Å². The lowest BCUT2D eigenvalue weighted by atomic mass is 10.2. The normalized spacial score (nSPS) is 12.5. The first-order valence-corrected chi connectivity index (χ1v) is 5.55. The Balaban J connectivity index is 2.72. The van der Waals surface area contributed by atoms with Gasteiger partial charge in [0.15, 0.2) is 11.6 Å². The molecule has 84 valence electrons. The van der Waals surface area contributed by atoms with E-state index in [1.54, 1.807) is 0 Å². The Kier molecular flexibility index (Phi) is 4.64. The highest BCUT2D eigenvalue weighted by Gasteiger charge is 2.11. The molecule has 0 saturated carbocycles. The maximum atomic E-state index is 8.89. The van der Waals surface area contributed by atoms with Crippen LogP contribution in [0.5, 0.6) is 5.75 Å². The van der Waals surface area contributed by atoms with E-state index >= 15 is 0 Å². The minimum Gasteiger partial charge on any atom is -0.490 e. The van der Waals surface area contributed by atoms with Crippen LogP contribution in [0, 0.1) is 5.92 Å². The molecule has 0 bridgehead atoms. The van der Waals surface area contributed by atoms with E-state index in [2.05, 4.69) is 9.97 Å². The van der Waals surface area contributed by atoms with Crippen molar-refractivity contribution in [2.75, 3.05) is 25.2 Å². The van der Waals surface area contributed by atoms with Gasteiger partial charge in [-0.3, -0.25) is 0 Å². The van der Waals surface area contributed by atoms with Crippen LogP contribution in [-0.4, -0.2) is 34.5 Å². The average Bonchev–Trinajstić information content (AvgIpc) is 2.25. The smallest absolute Gasteiger partial charge is 0.193 e. The summed E-state index contributed by atoms with van der Waals surface area (Å²) in [4.78, 5) is 7.92. The maximum Gasteiger partial charge on any atom is 0.193 e. The van der Waals surface area contributed by atoms with Gasteiger partial charge in [0.25, 0.3) is 0 Å². The molecule has 3 N–H and O–H groups in total. The number of methoxy groups -OCH3 is 1. The number of ether oxygens (including phenoxy) is 1. The quantitative estimate of drug-likeness (QED) is 0.574. The Morgan fingerprint density at radius 2 is 2.33 bits per heavy atom. The first kappa shape index (κ1) is 12.1. The Morgan fingerprint density at radius 1 is 1.60 bits per heavy atom. The van der Waals surface area contributed by atoms with Gasteiger partial charge in [-0.2, -0.15) is 0 Å². The Hall–Kier alpha value is -1.01. The molecule has 0 aliphatic rings. The number of aliphatic hydroxyl groups excluding tert-OH is 1. The second-order valence-corrected chi connectivity index (χ2v) is 4.20. The van der Waals surface area contributed by atoms with Crippen LogP contribution in [0.1, 0.15) is 6.92 Å². The van der Waals surface area contributed by atoms with Crippen molar-refractivity contribution in [3.05, 3.63) is 6.33 Å². The summed E-state index contributed by atoms with van der Waals surface area (Å²) >= 11 is 1.50. The van der Waals surface area contributed by atoms with Crippen LogP contribution in [0.3, 0.4) is 0 Å². The third-order valence-corrected chi connectivity index (χ3v) is 3.12. The van der Waals surface area contributed by atoms with Gasteiger partial charge in [0.1, 0.15) is 11.4 Å². The molecule has 1 aromatic rings. The molecule has 0 aromatic carbocycles. The summed E-state index contributed by atoms with van der Waals surface area (Å²) in [5, 5.41) is 9.61. The van der Waals surface area contributed by atoms with E-state index in [0.29, 0.717) is 16.6 Å². The van der Waals surface area contributed by atoms with Gasteiger partial charge >= 0.3 is 0 Å². The zero-order valence-electron chi connectivity index (χ0n) is 8.80. The molecule has 6 heteroatoms. The SMILES string of the molecule is COc1c(N)ncnc1SCC(C)CO. The molecule has 1 heterocycles. The van der Waals surface area contributed by atoms with Gasteiger partial charge in [0.2, 0.25) is 0 Å². The fraction of sp³-hybridized carbons (Fsp3) is 0.556. The summed E-state index contributed by atoms with van der Waals surface area (Å²) in [6.07, 6.45) is 1.41. The van der Waals surface area contributed by atoms with Gasteiger partial charge in [-0.05, 0) is 5.92 Å². The van der Waals surface area contributed by atoms with Crippen molar-refractivity contribution >= 4 is 17.6 Å². The lowest BCUT2D eigenvalue weighted by molar-refractivity contribution is 0.250. The highest BCUT2D eigenvalue weighted by Crippen LogP contribution is 2.31. The van der Waals surface area contributed by atoms with E-state index in [9.17, 15) is 0 Å². The van der Waals surface area contributed by atoms with E-state index in [4.69, 9.17) is 15.6 Å². The van der Waals surface area contributed by atoms with Gasteiger partial charge in [-0.1, -0.05) is 6.92 Å². The van der Waals surface area contributed by atoms with Crippen LogP contribution in [0.2, 0.25) is 0 Å². The highest BCUT2D eigenvalue weighted by molar-refractivity contribution is 7.99. The molecular weight excluding hydrogens is 214 g/mol. The van der Waals surface area contributed by atoms with Crippen molar-refractivity contribution in [1.29, 1.82) is 0 Å². The predicted molar refractivity (Wildman–Crippen MR) is 60.0 cm³/mol. The third kappa shape index (κ3) is 3.24. The number of rotatable bonds is 5. The van der Waals surface area contributed by atoms with Crippen LogP contribution < -0.4 is 10.5 Å². The molecule has 0 fully saturated rings. The zero-order valence-corrected chi connectivity index (χ0v) is 9.62. The predicted octanol–water partition coefficient (Wildman–Crippen LogP) is 0.788. The molecule has 0 radical (unpaired) electrons. The maximum absolute atomic E-state index is 8.89. The summed E-state index contributed by atoms with van der Waals surface area (Å²) in [5.74, 6) is 1.83. The number of nitrogens with zero attached hydrogens (tertiary/aromatic N) is 2. The molecular formula is C9H15N3O2S. The summed E-state index contributed by atoms with van der Waals surface area (Å²) in [6, 6.07) is 0. The van der Waals surface area contributed by atoms with Crippen LogP contribution in [0.4, 0.5) is 5.82 Å². The average molecular weight is 229 g/mol. The van der Waals surface area contributed by atoms with E-state index in [0.717, 1.165) is 5.75 Å². The fourth-order valence-electron chi connectivity index (χ4n) is 0.939. The minimum absolute atomic E-state index is 0.163. The van der Waals surface area contributed by atoms with Crippen LogP contribution in [-0.2, 0) is 0 Å². The van der Waals surface area contributed by atoms with E-state index in [-0.39, 0.29) is 12.5 Å². The number of nitrogen functional groups attached to an aromatic ring is 1. The fourth-order valence-corrected chi connectivity index (χ4v) is 1.93. The highest BCUT2D eigenvalue weighted by atomic mass is 32.2. The molecule has 15 heavy (non-hydrogen) atoms. The summed E-state index contributed by atoms with van der Waals surface area (Å²) in [5.41, 5.74) is 5.63. The molecule has 0 amide bonds. The van der Waals surface area contributed by atoms with Gasteiger partial charge in [-0.15, -0.1) is 11.8 Å². The standard InChI is InChI=1S/C9H15N3O2S/c1-6(3-13)4-15-9-7(14-2)8(10)11-5-12-9/h5-6,13H,3-4H2,1-2H3,(H2,10,11,12). The van der Waals surface area contributed by atoms with Crippen molar-refractivity contribution < 1.29 is 9.84 Å². The summed E-state index contributed by atoms with van der Waals surface area (Å²) in [7, 11) is 1.54. The molecule has 0 aliphatic heterocycles. The Labute approximate surface area is 93.1 Å². The molecule has 1 rings (SSSR count).